The first-order valence-electron chi connectivity index (χ1n) is 5.91. The van der Waals surface area contributed by atoms with Gasteiger partial charge >= 0.3 is 0 Å². The Morgan fingerprint density at radius 3 is 3.06 bits per heavy atom. The highest BCUT2D eigenvalue weighted by Crippen LogP contribution is 2.42. The lowest BCUT2D eigenvalue weighted by Gasteiger charge is -2.40. The second-order valence-corrected chi connectivity index (χ2v) is 5.82. The number of hydrogen-bond donors (Lipinski definition) is 1. The molecule has 5 heteroatoms. The highest BCUT2D eigenvalue weighted by Gasteiger charge is 2.35. The first kappa shape index (κ1) is 10.9. The van der Waals surface area contributed by atoms with Gasteiger partial charge in [0.15, 0.2) is 5.65 Å². The predicted octanol–water partition coefficient (Wildman–Crippen LogP) is 2.43. The molecule has 0 unspecified atom stereocenters. The Balaban J connectivity index is 1.71. The molecule has 0 bridgehead atoms. The van der Waals surface area contributed by atoms with E-state index in [0.717, 1.165) is 18.0 Å². The molecule has 4 nitrogen and oxygen atoms in total. The van der Waals surface area contributed by atoms with Gasteiger partial charge in [0.25, 0.3) is 0 Å². The Hall–Kier alpha value is -1.23. The average Bonchev–Trinajstić information content (AvgIpc) is 2.75. The Morgan fingerprint density at radius 1 is 1.47 bits per heavy atom. The van der Waals surface area contributed by atoms with Crippen molar-refractivity contribution >= 4 is 23.2 Å². The van der Waals surface area contributed by atoms with Crippen molar-refractivity contribution in [1.29, 1.82) is 0 Å². The summed E-state index contributed by atoms with van der Waals surface area (Å²) < 4.78 is 2.22. The average molecular weight is 248 g/mol. The van der Waals surface area contributed by atoms with E-state index in [0.29, 0.717) is 4.75 Å². The van der Waals surface area contributed by atoms with Crippen molar-refractivity contribution in [2.24, 2.45) is 0 Å². The normalized spacial score (nSPS) is 17.9. The van der Waals surface area contributed by atoms with Gasteiger partial charge in [-0.1, -0.05) is 6.42 Å². The van der Waals surface area contributed by atoms with Crippen molar-refractivity contribution in [2.45, 2.75) is 24.0 Å². The molecule has 90 valence electrons. The summed E-state index contributed by atoms with van der Waals surface area (Å²) in [6.07, 6.45) is 9.90. The first-order chi connectivity index (χ1) is 8.31. The second kappa shape index (κ2) is 4.22. The standard InChI is InChI=1S/C12H16N4S/c1-17-12(5-2-6-12)9-13-10-4-8-16-11(15-10)3-7-14-16/h3-4,7-8H,2,5-6,9H2,1H3,(H,13,15). The molecule has 1 N–H and O–H groups in total. The Bertz CT molecular complexity index is 512. The molecule has 0 amide bonds. The fourth-order valence-electron chi connectivity index (χ4n) is 2.19. The maximum absolute atomic E-state index is 4.51. The zero-order valence-electron chi connectivity index (χ0n) is 9.89. The molecule has 2 aromatic heterocycles. The molecule has 0 aromatic carbocycles. The van der Waals surface area contributed by atoms with E-state index >= 15 is 0 Å². The molecule has 2 aromatic rings. The number of anilines is 1. The van der Waals surface area contributed by atoms with Gasteiger partial charge in [0.05, 0.1) is 6.20 Å². The number of fused-ring (bicyclic) bond motifs is 1. The van der Waals surface area contributed by atoms with Gasteiger partial charge in [0.2, 0.25) is 0 Å². The van der Waals surface area contributed by atoms with Crippen LogP contribution in [0.1, 0.15) is 19.3 Å². The van der Waals surface area contributed by atoms with Crippen LogP contribution in [-0.2, 0) is 0 Å². The number of hydrogen-bond acceptors (Lipinski definition) is 4. The van der Waals surface area contributed by atoms with Crippen molar-refractivity contribution in [2.75, 3.05) is 18.1 Å². The summed E-state index contributed by atoms with van der Waals surface area (Å²) in [4.78, 5) is 4.51. The first-order valence-corrected chi connectivity index (χ1v) is 7.13. The fraction of sp³-hybridized carbons (Fsp3) is 0.500. The van der Waals surface area contributed by atoms with Crippen LogP contribution in [0, 0.1) is 0 Å². The summed E-state index contributed by atoms with van der Waals surface area (Å²) in [5.74, 6) is 0.943. The van der Waals surface area contributed by atoms with Crippen LogP contribution >= 0.6 is 11.8 Å². The lowest BCUT2D eigenvalue weighted by Crippen LogP contribution is -2.40. The summed E-state index contributed by atoms with van der Waals surface area (Å²) in [5, 5.41) is 7.58. The van der Waals surface area contributed by atoms with Crippen molar-refractivity contribution in [3.63, 3.8) is 0 Å². The van der Waals surface area contributed by atoms with Crippen LogP contribution in [0.25, 0.3) is 5.65 Å². The van der Waals surface area contributed by atoms with Gasteiger partial charge in [-0.2, -0.15) is 16.9 Å². The predicted molar refractivity (Wildman–Crippen MR) is 71.6 cm³/mol. The maximum atomic E-state index is 4.51. The minimum Gasteiger partial charge on any atom is -0.369 e. The van der Waals surface area contributed by atoms with Crippen LogP contribution in [-0.4, -0.2) is 32.1 Å². The van der Waals surface area contributed by atoms with Crippen LogP contribution in [0.3, 0.4) is 0 Å². The van der Waals surface area contributed by atoms with E-state index in [1.54, 1.807) is 10.7 Å². The fourth-order valence-corrected chi connectivity index (χ4v) is 3.10. The quantitative estimate of drug-likeness (QED) is 0.902. The molecule has 2 heterocycles. The van der Waals surface area contributed by atoms with Gasteiger partial charge in [0, 0.05) is 23.6 Å². The molecule has 0 aliphatic heterocycles. The molecule has 3 rings (SSSR count). The molecule has 1 aliphatic rings. The van der Waals surface area contributed by atoms with Gasteiger partial charge in [0.1, 0.15) is 5.82 Å². The van der Waals surface area contributed by atoms with E-state index < -0.39 is 0 Å². The van der Waals surface area contributed by atoms with E-state index in [1.165, 1.54) is 19.3 Å². The topological polar surface area (TPSA) is 42.2 Å². The molecular formula is C12H16N4S. The van der Waals surface area contributed by atoms with Crippen LogP contribution < -0.4 is 5.32 Å². The molecule has 1 aliphatic carbocycles. The van der Waals surface area contributed by atoms with Crippen molar-refractivity contribution < 1.29 is 0 Å². The van der Waals surface area contributed by atoms with Crippen LogP contribution in [0.5, 0.6) is 0 Å². The van der Waals surface area contributed by atoms with Gasteiger partial charge in [-0.25, -0.2) is 9.50 Å². The van der Waals surface area contributed by atoms with Gasteiger partial charge in [-0.15, -0.1) is 0 Å². The number of rotatable bonds is 4. The Morgan fingerprint density at radius 2 is 2.35 bits per heavy atom. The van der Waals surface area contributed by atoms with Crippen molar-refractivity contribution in [1.82, 2.24) is 14.6 Å². The number of thioether (sulfide) groups is 1. The third-order valence-corrected chi connectivity index (χ3v) is 4.97. The largest absolute Gasteiger partial charge is 0.369 e. The van der Waals surface area contributed by atoms with E-state index in [-0.39, 0.29) is 0 Å². The van der Waals surface area contributed by atoms with Crippen LogP contribution in [0.15, 0.2) is 24.5 Å². The van der Waals surface area contributed by atoms with Crippen LogP contribution in [0.4, 0.5) is 5.82 Å². The molecule has 17 heavy (non-hydrogen) atoms. The smallest absolute Gasteiger partial charge is 0.157 e. The van der Waals surface area contributed by atoms with E-state index in [4.69, 9.17) is 0 Å². The molecule has 1 saturated carbocycles. The third-order valence-electron chi connectivity index (χ3n) is 3.55. The van der Waals surface area contributed by atoms with Gasteiger partial charge < -0.3 is 5.32 Å². The lowest BCUT2D eigenvalue weighted by atomic mass is 9.84. The molecule has 0 radical (unpaired) electrons. The Labute approximate surface area is 105 Å². The summed E-state index contributed by atoms with van der Waals surface area (Å²) >= 11 is 1.98. The monoisotopic (exact) mass is 248 g/mol. The summed E-state index contributed by atoms with van der Waals surface area (Å²) in [7, 11) is 0. The highest BCUT2D eigenvalue weighted by molar-refractivity contribution is 8.00. The van der Waals surface area contributed by atoms with Crippen LogP contribution in [0.2, 0.25) is 0 Å². The minimum atomic E-state index is 0.439. The molecule has 0 saturated heterocycles. The SMILES string of the molecule is CSC1(CNc2ccn3nccc3n2)CCC1. The van der Waals surface area contributed by atoms with Crippen molar-refractivity contribution in [3.05, 3.63) is 24.5 Å². The molecule has 0 spiro atoms. The number of aromatic nitrogens is 3. The number of nitrogens with zero attached hydrogens (tertiary/aromatic N) is 3. The molecular weight excluding hydrogens is 232 g/mol. The summed E-state index contributed by atoms with van der Waals surface area (Å²) in [6, 6.07) is 3.89. The Kier molecular flexibility index (Phi) is 2.70. The summed E-state index contributed by atoms with van der Waals surface area (Å²) in [5.41, 5.74) is 0.891. The van der Waals surface area contributed by atoms with Gasteiger partial charge in [-0.3, -0.25) is 0 Å². The third kappa shape index (κ3) is 1.99. The highest BCUT2D eigenvalue weighted by atomic mass is 32.2. The summed E-state index contributed by atoms with van der Waals surface area (Å²) in [6.45, 7) is 1.01. The van der Waals surface area contributed by atoms with E-state index in [9.17, 15) is 0 Å². The lowest BCUT2D eigenvalue weighted by molar-refractivity contribution is 0.379. The zero-order valence-corrected chi connectivity index (χ0v) is 10.7. The maximum Gasteiger partial charge on any atom is 0.157 e. The van der Waals surface area contributed by atoms with E-state index in [1.807, 2.05) is 30.1 Å². The molecule has 0 atom stereocenters. The zero-order chi connectivity index (χ0) is 11.7. The minimum absolute atomic E-state index is 0.439. The number of nitrogens with one attached hydrogen (secondary N) is 1. The van der Waals surface area contributed by atoms with Crippen molar-refractivity contribution in [3.8, 4) is 0 Å². The second-order valence-electron chi connectivity index (χ2n) is 4.54. The molecule has 1 fully saturated rings. The van der Waals surface area contributed by atoms with Gasteiger partial charge in [-0.05, 0) is 25.2 Å². The van der Waals surface area contributed by atoms with E-state index in [2.05, 4.69) is 21.7 Å².